The van der Waals surface area contributed by atoms with Gasteiger partial charge in [-0.3, -0.25) is 0 Å². The van der Waals surface area contributed by atoms with Gasteiger partial charge in [0.1, 0.15) is 0 Å². The molecule has 0 amide bonds. The van der Waals surface area contributed by atoms with Crippen LogP contribution in [-0.2, 0) is 6.42 Å². The lowest BCUT2D eigenvalue weighted by Crippen LogP contribution is -2.33. The molecule has 1 fully saturated rings. The molecule has 0 bridgehead atoms. The van der Waals surface area contributed by atoms with E-state index in [4.69, 9.17) is 0 Å². The van der Waals surface area contributed by atoms with Crippen molar-refractivity contribution in [2.24, 2.45) is 0 Å². The number of likely N-dealkylation sites (tertiary alicyclic amines) is 1. The van der Waals surface area contributed by atoms with E-state index in [1.807, 2.05) is 11.3 Å². The maximum atomic E-state index is 3.81. The first-order valence-electron chi connectivity index (χ1n) is 8.07. The Morgan fingerprint density at radius 3 is 2.95 bits per heavy atom. The summed E-state index contributed by atoms with van der Waals surface area (Å²) in [6.07, 6.45) is 9.54. The third-order valence-electron chi connectivity index (χ3n) is 4.57. The molecule has 20 heavy (non-hydrogen) atoms. The minimum absolute atomic E-state index is 0.625. The lowest BCUT2D eigenvalue weighted by Gasteiger charge is -2.27. The zero-order valence-electron chi connectivity index (χ0n) is 12.2. The Balaban J connectivity index is 1.42. The van der Waals surface area contributed by atoms with E-state index < -0.39 is 0 Å². The van der Waals surface area contributed by atoms with Crippen molar-refractivity contribution < 1.29 is 0 Å². The number of aryl methyl sites for hydroxylation is 1. The van der Waals surface area contributed by atoms with Crippen molar-refractivity contribution in [3.63, 3.8) is 0 Å². The van der Waals surface area contributed by atoms with Crippen LogP contribution in [-0.4, -0.2) is 31.1 Å². The van der Waals surface area contributed by atoms with Crippen LogP contribution in [0.2, 0.25) is 0 Å². The zero-order valence-corrected chi connectivity index (χ0v) is 15.1. The quantitative estimate of drug-likeness (QED) is 0.585. The number of nitrogens with one attached hydrogen (secondary N) is 1. The van der Waals surface area contributed by atoms with Gasteiger partial charge in [-0.15, -0.1) is 11.3 Å². The van der Waals surface area contributed by atoms with E-state index in [9.17, 15) is 0 Å². The van der Waals surface area contributed by atoms with Crippen LogP contribution < -0.4 is 5.32 Å². The smallest absolute Gasteiger partial charge is 0.0659 e. The monoisotopic (exact) mass is 404 g/mol. The van der Waals surface area contributed by atoms with Gasteiger partial charge in [-0.25, -0.2) is 0 Å². The van der Waals surface area contributed by atoms with Crippen LogP contribution in [0, 0.1) is 2.88 Å². The van der Waals surface area contributed by atoms with Gasteiger partial charge in [-0.2, -0.15) is 0 Å². The first-order chi connectivity index (χ1) is 9.83. The molecule has 1 unspecified atom stereocenters. The molecule has 0 aromatic carbocycles. The molecule has 1 aromatic heterocycles. The molecule has 0 spiro atoms. The molecule has 1 aliphatic heterocycles. The van der Waals surface area contributed by atoms with E-state index in [1.54, 1.807) is 10.4 Å². The molecule has 2 aliphatic rings. The molecule has 2 heterocycles. The molecule has 1 aromatic rings. The summed E-state index contributed by atoms with van der Waals surface area (Å²) in [5, 5.41) is 3.81. The standard InChI is InChI=1S/C16H25IN2S/c17-16-12-13-14(6-4-7-15(13)20-16)18-8-5-11-19-9-2-1-3-10-19/h12,14,18H,1-11H2. The first kappa shape index (κ1) is 15.3. The highest BCUT2D eigenvalue weighted by atomic mass is 127. The topological polar surface area (TPSA) is 15.3 Å². The van der Waals surface area contributed by atoms with Gasteiger partial charge in [0.15, 0.2) is 0 Å². The molecule has 0 radical (unpaired) electrons. The fourth-order valence-corrected chi connectivity index (χ4v) is 5.61. The van der Waals surface area contributed by atoms with Gasteiger partial charge in [0.25, 0.3) is 0 Å². The van der Waals surface area contributed by atoms with Gasteiger partial charge < -0.3 is 10.2 Å². The van der Waals surface area contributed by atoms with E-state index in [2.05, 4.69) is 38.9 Å². The van der Waals surface area contributed by atoms with Gasteiger partial charge in [0, 0.05) is 10.9 Å². The molecular weight excluding hydrogens is 379 g/mol. The van der Waals surface area contributed by atoms with Crippen molar-refractivity contribution in [2.75, 3.05) is 26.2 Å². The Morgan fingerprint density at radius 1 is 1.25 bits per heavy atom. The number of thiophene rings is 1. The normalized spacial score (nSPS) is 23.8. The Bertz CT molecular complexity index is 426. The lowest BCUT2D eigenvalue weighted by atomic mass is 9.94. The SMILES string of the molecule is Ic1cc2c(s1)CCCC2NCCCN1CCCCC1. The van der Waals surface area contributed by atoms with Crippen LogP contribution in [0.5, 0.6) is 0 Å². The van der Waals surface area contributed by atoms with Crippen LogP contribution in [0.15, 0.2) is 6.07 Å². The van der Waals surface area contributed by atoms with Gasteiger partial charge >= 0.3 is 0 Å². The Kier molecular flexibility index (Phi) is 5.77. The summed E-state index contributed by atoms with van der Waals surface area (Å²) in [5.74, 6) is 0. The number of rotatable bonds is 5. The molecule has 1 atom stereocenters. The molecule has 1 aliphatic carbocycles. The van der Waals surface area contributed by atoms with Crippen LogP contribution >= 0.6 is 33.9 Å². The average Bonchev–Trinajstić information content (AvgIpc) is 2.86. The maximum Gasteiger partial charge on any atom is 0.0659 e. The fraction of sp³-hybridized carbons (Fsp3) is 0.750. The van der Waals surface area contributed by atoms with Crippen molar-refractivity contribution >= 4 is 33.9 Å². The number of halogens is 1. The summed E-state index contributed by atoms with van der Waals surface area (Å²) in [6.45, 7) is 5.12. The highest BCUT2D eigenvalue weighted by molar-refractivity contribution is 14.1. The summed E-state index contributed by atoms with van der Waals surface area (Å²) in [6, 6.07) is 3.03. The van der Waals surface area contributed by atoms with E-state index in [-0.39, 0.29) is 0 Å². The van der Waals surface area contributed by atoms with Crippen LogP contribution in [0.25, 0.3) is 0 Å². The molecule has 112 valence electrons. The van der Waals surface area contributed by atoms with Crippen molar-refractivity contribution in [3.05, 3.63) is 19.4 Å². The Hall–Kier alpha value is 0.350. The number of hydrogen-bond donors (Lipinski definition) is 1. The zero-order chi connectivity index (χ0) is 13.8. The van der Waals surface area contributed by atoms with Crippen molar-refractivity contribution in [1.82, 2.24) is 10.2 Å². The second-order valence-corrected chi connectivity index (χ2v) is 9.11. The molecule has 4 heteroatoms. The van der Waals surface area contributed by atoms with E-state index in [0.29, 0.717) is 6.04 Å². The lowest BCUT2D eigenvalue weighted by molar-refractivity contribution is 0.224. The van der Waals surface area contributed by atoms with E-state index in [1.165, 1.54) is 74.0 Å². The van der Waals surface area contributed by atoms with Gasteiger partial charge in [0.05, 0.1) is 2.88 Å². The fourth-order valence-electron chi connectivity index (χ4n) is 3.50. The maximum absolute atomic E-state index is 3.81. The second-order valence-electron chi connectivity index (χ2n) is 6.08. The summed E-state index contributed by atoms with van der Waals surface area (Å²) in [4.78, 5) is 4.28. The molecule has 2 nitrogen and oxygen atoms in total. The predicted octanol–water partition coefficient (Wildman–Crippen LogP) is 4.20. The number of piperidine rings is 1. The van der Waals surface area contributed by atoms with Crippen molar-refractivity contribution in [2.45, 2.75) is 51.0 Å². The largest absolute Gasteiger partial charge is 0.310 e. The van der Waals surface area contributed by atoms with Crippen molar-refractivity contribution in [1.29, 1.82) is 0 Å². The summed E-state index contributed by atoms with van der Waals surface area (Å²) >= 11 is 4.46. The number of hydrogen-bond acceptors (Lipinski definition) is 3. The molecule has 3 rings (SSSR count). The third kappa shape index (κ3) is 3.96. The van der Waals surface area contributed by atoms with Gasteiger partial charge in [-0.05, 0) is 98.9 Å². The van der Waals surface area contributed by atoms with Gasteiger partial charge in [-0.1, -0.05) is 6.42 Å². The predicted molar refractivity (Wildman–Crippen MR) is 95.6 cm³/mol. The molecular formula is C16H25IN2S. The first-order valence-corrected chi connectivity index (χ1v) is 9.96. The van der Waals surface area contributed by atoms with E-state index >= 15 is 0 Å². The summed E-state index contributed by atoms with van der Waals surface area (Å²) in [7, 11) is 0. The van der Waals surface area contributed by atoms with Crippen molar-refractivity contribution in [3.8, 4) is 0 Å². The molecule has 1 N–H and O–H groups in total. The minimum atomic E-state index is 0.625. The third-order valence-corrected chi connectivity index (χ3v) is 6.55. The molecule has 0 saturated carbocycles. The van der Waals surface area contributed by atoms with E-state index in [0.717, 1.165) is 0 Å². The molecule has 1 saturated heterocycles. The van der Waals surface area contributed by atoms with Crippen LogP contribution in [0.1, 0.15) is 55.0 Å². The number of nitrogens with zero attached hydrogens (tertiary/aromatic N) is 1. The minimum Gasteiger partial charge on any atom is -0.310 e. The van der Waals surface area contributed by atoms with Crippen LogP contribution in [0.4, 0.5) is 0 Å². The highest BCUT2D eigenvalue weighted by Gasteiger charge is 2.22. The highest BCUT2D eigenvalue weighted by Crippen LogP contribution is 2.36. The number of fused-ring (bicyclic) bond motifs is 1. The van der Waals surface area contributed by atoms with Crippen LogP contribution in [0.3, 0.4) is 0 Å². The van der Waals surface area contributed by atoms with Gasteiger partial charge in [0.2, 0.25) is 0 Å². The Morgan fingerprint density at radius 2 is 2.10 bits per heavy atom. The summed E-state index contributed by atoms with van der Waals surface area (Å²) < 4.78 is 1.45. The summed E-state index contributed by atoms with van der Waals surface area (Å²) in [5.41, 5.74) is 1.60. The Labute approximate surface area is 140 Å². The second kappa shape index (κ2) is 7.56. The average molecular weight is 404 g/mol.